The molecule has 1 aliphatic rings. The Morgan fingerprint density at radius 2 is 1.71 bits per heavy atom. The molecule has 0 bridgehead atoms. The van der Waals surface area contributed by atoms with Crippen LogP contribution in [0.1, 0.15) is 56.9 Å². The van der Waals surface area contributed by atoms with Crippen LogP contribution in [0.4, 0.5) is 0 Å². The van der Waals surface area contributed by atoms with Crippen LogP contribution in [0.5, 0.6) is 5.75 Å². The van der Waals surface area contributed by atoms with E-state index in [1.165, 1.54) is 25.7 Å². The van der Waals surface area contributed by atoms with Crippen molar-refractivity contribution in [1.82, 2.24) is 5.32 Å². The van der Waals surface area contributed by atoms with Crippen molar-refractivity contribution in [1.29, 1.82) is 0 Å². The van der Waals surface area contributed by atoms with Crippen molar-refractivity contribution in [2.24, 2.45) is 0 Å². The fourth-order valence-electron chi connectivity index (χ4n) is 3.54. The van der Waals surface area contributed by atoms with Crippen molar-refractivity contribution in [3.8, 4) is 5.75 Å². The highest BCUT2D eigenvalue weighted by atomic mass is 16.5. The van der Waals surface area contributed by atoms with E-state index in [1.54, 1.807) is 7.11 Å². The summed E-state index contributed by atoms with van der Waals surface area (Å²) in [5.74, 6) is 0.879. The Hall–Kier alpha value is -2.03. The maximum absolute atomic E-state index is 12.6. The molecule has 24 heavy (non-hydrogen) atoms. The third-order valence-electron chi connectivity index (χ3n) is 5.17. The molecule has 0 heterocycles. The number of methoxy groups -OCH3 is 1. The molecular weight excluding hydrogens is 298 g/mol. The lowest BCUT2D eigenvalue weighted by atomic mass is 9.96. The van der Waals surface area contributed by atoms with Gasteiger partial charge in [0.1, 0.15) is 5.75 Å². The van der Waals surface area contributed by atoms with Crippen LogP contribution in [0.3, 0.4) is 0 Å². The Bertz CT molecular complexity index is 702. The van der Waals surface area contributed by atoms with Crippen LogP contribution in [0.15, 0.2) is 36.4 Å². The number of benzene rings is 2. The standard InChI is InChI=1S/C21H27NO2/c1-15(21(23)22-19-7-5-3-4-6-8-19)16-9-10-18-14-20(24-2)12-11-17(18)13-16/h9-15,19H,3-8H2,1-2H3,(H,22,23)/t15-/m0/s1. The summed E-state index contributed by atoms with van der Waals surface area (Å²) in [6, 6.07) is 12.6. The van der Waals surface area contributed by atoms with Gasteiger partial charge in [-0.25, -0.2) is 0 Å². The quantitative estimate of drug-likeness (QED) is 0.821. The lowest BCUT2D eigenvalue weighted by Crippen LogP contribution is -2.37. The van der Waals surface area contributed by atoms with Crippen molar-refractivity contribution >= 4 is 16.7 Å². The van der Waals surface area contributed by atoms with Gasteiger partial charge in [0.2, 0.25) is 5.91 Å². The predicted octanol–water partition coefficient (Wildman–Crippen LogP) is 4.79. The number of fused-ring (bicyclic) bond motifs is 1. The van der Waals surface area contributed by atoms with Crippen LogP contribution in [-0.4, -0.2) is 19.1 Å². The molecule has 0 radical (unpaired) electrons. The molecule has 3 nitrogen and oxygen atoms in total. The molecule has 0 aliphatic heterocycles. The second-order valence-electron chi connectivity index (χ2n) is 6.89. The number of rotatable bonds is 4. The summed E-state index contributed by atoms with van der Waals surface area (Å²) in [7, 11) is 1.68. The van der Waals surface area contributed by atoms with Gasteiger partial charge in [-0.05, 0) is 48.2 Å². The van der Waals surface area contributed by atoms with Crippen LogP contribution in [0.25, 0.3) is 10.8 Å². The largest absolute Gasteiger partial charge is 0.497 e. The van der Waals surface area contributed by atoms with E-state index < -0.39 is 0 Å². The highest BCUT2D eigenvalue weighted by Gasteiger charge is 2.20. The lowest BCUT2D eigenvalue weighted by molar-refractivity contribution is -0.123. The molecule has 1 saturated carbocycles. The van der Waals surface area contributed by atoms with E-state index in [9.17, 15) is 4.79 Å². The highest BCUT2D eigenvalue weighted by molar-refractivity contribution is 5.88. The third-order valence-corrected chi connectivity index (χ3v) is 5.17. The summed E-state index contributed by atoms with van der Waals surface area (Å²) in [6.45, 7) is 2.00. The summed E-state index contributed by atoms with van der Waals surface area (Å²) in [6.07, 6.45) is 7.31. The molecule has 2 aromatic rings. The van der Waals surface area contributed by atoms with Gasteiger partial charge in [-0.15, -0.1) is 0 Å². The molecule has 0 spiro atoms. The first-order valence-electron chi connectivity index (χ1n) is 9.05. The van der Waals surface area contributed by atoms with Gasteiger partial charge in [0.15, 0.2) is 0 Å². The van der Waals surface area contributed by atoms with Gasteiger partial charge in [-0.1, -0.05) is 49.9 Å². The van der Waals surface area contributed by atoms with Crippen LogP contribution in [0.2, 0.25) is 0 Å². The molecule has 128 valence electrons. The normalized spacial score (nSPS) is 17.2. The summed E-state index contributed by atoms with van der Waals surface area (Å²) in [4.78, 5) is 12.6. The van der Waals surface area contributed by atoms with E-state index in [0.29, 0.717) is 6.04 Å². The van der Waals surface area contributed by atoms with Gasteiger partial charge in [0.05, 0.1) is 13.0 Å². The Balaban J connectivity index is 1.72. The fourth-order valence-corrected chi connectivity index (χ4v) is 3.54. The predicted molar refractivity (Wildman–Crippen MR) is 98.5 cm³/mol. The van der Waals surface area contributed by atoms with Crippen molar-refractivity contribution in [2.75, 3.05) is 7.11 Å². The fraction of sp³-hybridized carbons (Fsp3) is 0.476. The van der Waals surface area contributed by atoms with E-state index in [0.717, 1.165) is 34.9 Å². The zero-order valence-corrected chi connectivity index (χ0v) is 14.7. The minimum Gasteiger partial charge on any atom is -0.497 e. The number of hydrogen-bond donors (Lipinski definition) is 1. The molecule has 1 N–H and O–H groups in total. The number of hydrogen-bond acceptors (Lipinski definition) is 2. The van der Waals surface area contributed by atoms with Gasteiger partial charge in [0.25, 0.3) is 0 Å². The summed E-state index contributed by atoms with van der Waals surface area (Å²) >= 11 is 0. The summed E-state index contributed by atoms with van der Waals surface area (Å²) in [5, 5.41) is 5.54. The Labute approximate surface area is 144 Å². The van der Waals surface area contributed by atoms with Crippen molar-refractivity contribution in [3.05, 3.63) is 42.0 Å². The zero-order chi connectivity index (χ0) is 16.9. The number of carbonyl (C=O) groups is 1. The highest BCUT2D eigenvalue weighted by Crippen LogP contribution is 2.26. The third kappa shape index (κ3) is 3.89. The van der Waals surface area contributed by atoms with Crippen molar-refractivity contribution in [3.63, 3.8) is 0 Å². The topological polar surface area (TPSA) is 38.3 Å². The van der Waals surface area contributed by atoms with Gasteiger partial charge in [-0.2, -0.15) is 0 Å². The molecule has 1 aliphatic carbocycles. The first-order valence-corrected chi connectivity index (χ1v) is 9.05. The SMILES string of the molecule is COc1ccc2cc([C@H](C)C(=O)NC3CCCCCC3)ccc2c1. The number of ether oxygens (including phenoxy) is 1. The van der Waals surface area contributed by atoms with Crippen LogP contribution < -0.4 is 10.1 Å². The molecular formula is C21H27NO2. The second kappa shape index (κ2) is 7.69. The Morgan fingerprint density at radius 1 is 1.04 bits per heavy atom. The van der Waals surface area contributed by atoms with E-state index >= 15 is 0 Å². The molecule has 0 saturated heterocycles. The first kappa shape index (κ1) is 16.8. The van der Waals surface area contributed by atoms with Gasteiger partial charge < -0.3 is 10.1 Å². The molecule has 1 atom stereocenters. The molecule has 0 aromatic heterocycles. The van der Waals surface area contributed by atoms with Gasteiger partial charge in [0, 0.05) is 6.04 Å². The second-order valence-corrected chi connectivity index (χ2v) is 6.89. The first-order chi connectivity index (χ1) is 11.7. The van der Waals surface area contributed by atoms with Crippen molar-refractivity contribution in [2.45, 2.75) is 57.4 Å². The summed E-state index contributed by atoms with van der Waals surface area (Å²) in [5.41, 5.74) is 1.07. The molecule has 3 rings (SSSR count). The van der Waals surface area contributed by atoms with E-state index in [4.69, 9.17) is 4.74 Å². The lowest BCUT2D eigenvalue weighted by Gasteiger charge is -2.20. The number of nitrogens with one attached hydrogen (secondary N) is 1. The smallest absolute Gasteiger partial charge is 0.227 e. The van der Waals surface area contributed by atoms with Gasteiger partial charge in [-0.3, -0.25) is 4.79 Å². The zero-order valence-electron chi connectivity index (χ0n) is 14.7. The number of amides is 1. The molecule has 0 unspecified atom stereocenters. The average molecular weight is 325 g/mol. The number of carbonyl (C=O) groups excluding carboxylic acids is 1. The van der Waals surface area contributed by atoms with E-state index in [2.05, 4.69) is 23.5 Å². The molecule has 2 aromatic carbocycles. The minimum absolute atomic E-state index is 0.125. The van der Waals surface area contributed by atoms with Crippen molar-refractivity contribution < 1.29 is 9.53 Å². The maximum atomic E-state index is 12.6. The Morgan fingerprint density at radius 3 is 2.42 bits per heavy atom. The summed E-state index contributed by atoms with van der Waals surface area (Å²) < 4.78 is 5.27. The average Bonchev–Trinajstić information content (AvgIpc) is 2.88. The van der Waals surface area contributed by atoms with Crippen LogP contribution >= 0.6 is 0 Å². The van der Waals surface area contributed by atoms with Gasteiger partial charge >= 0.3 is 0 Å². The molecule has 1 amide bonds. The molecule has 3 heteroatoms. The molecule has 1 fully saturated rings. The minimum atomic E-state index is -0.125. The van der Waals surface area contributed by atoms with Crippen LogP contribution in [0, 0.1) is 0 Å². The van der Waals surface area contributed by atoms with E-state index in [-0.39, 0.29) is 11.8 Å². The maximum Gasteiger partial charge on any atom is 0.227 e. The van der Waals surface area contributed by atoms with E-state index in [1.807, 2.05) is 25.1 Å². The van der Waals surface area contributed by atoms with Crippen LogP contribution in [-0.2, 0) is 4.79 Å². The Kier molecular flexibility index (Phi) is 5.39. The monoisotopic (exact) mass is 325 g/mol.